The van der Waals surface area contributed by atoms with Crippen LogP contribution < -0.4 is 10.9 Å². The Kier molecular flexibility index (Phi) is 3.57. The van der Waals surface area contributed by atoms with Crippen molar-refractivity contribution in [2.45, 2.75) is 18.8 Å². The largest absolute Gasteiger partial charge is 0.317 e. The maximum Gasteiger partial charge on any atom is 0.251 e. The molecule has 6 heteroatoms. The number of hydrogen-bond acceptors (Lipinski definition) is 4. The number of nitrogens with one attached hydrogen (secondary N) is 2. The van der Waals surface area contributed by atoms with E-state index in [-0.39, 0.29) is 5.56 Å². The van der Waals surface area contributed by atoms with E-state index in [2.05, 4.69) is 27.4 Å². The van der Waals surface area contributed by atoms with Crippen LogP contribution in [0, 0.1) is 0 Å². The maximum atomic E-state index is 12.4. The van der Waals surface area contributed by atoms with E-state index in [1.807, 2.05) is 28.8 Å². The molecule has 1 aliphatic rings. The Labute approximate surface area is 149 Å². The molecule has 0 amide bonds. The van der Waals surface area contributed by atoms with Gasteiger partial charge in [-0.1, -0.05) is 30.3 Å². The van der Waals surface area contributed by atoms with Crippen LogP contribution in [-0.2, 0) is 0 Å². The molecular weight excluding hydrogens is 326 g/mol. The zero-order valence-corrected chi connectivity index (χ0v) is 14.3. The Balaban J connectivity index is 1.82. The fraction of sp³-hybridized carbons (Fsp3) is 0.250. The third-order valence-corrected chi connectivity index (χ3v) is 5.18. The molecule has 0 spiro atoms. The first-order valence-corrected chi connectivity index (χ1v) is 8.98. The minimum absolute atomic E-state index is 0.0873. The van der Waals surface area contributed by atoms with Gasteiger partial charge in [0.1, 0.15) is 5.65 Å². The van der Waals surface area contributed by atoms with Crippen LogP contribution >= 0.6 is 0 Å². The molecule has 0 unspecified atom stereocenters. The number of pyridine rings is 1. The highest BCUT2D eigenvalue weighted by molar-refractivity contribution is 6.02. The Morgan fingerprint density at radius 2 is 1.88 bits per heavy atom. The molecule has 1 aromatic carbocycles. The number of benzene rings is 1. The molecule has 0 radical (unpaired) electrons. The Bertz CT molecular complexity index is 1140. The summed E-state index contributed by atoms with van der Waals surface area (Å²) in [6.45, 7) is 1.93. The molecule has 6 nitrogen and oxygen atoms in total. The molecule has 4 heterocycles. The van der Waals surface area contributed by atoms with Gasteiger partial charge in [-0.3, -0.25) is 4.79 Å². The Hall–Kier alpha value is -2.99. The van der Waals surface area contributed by atoms with Gasteiger partial charge in [0.2, 0.25) is 0 Å². The van der Waals surface area contributed by atoms with Gasteiger partial charge in [0.05, 0.1) is 11.1 Å². The van der Waals surface area contributed by atoms with Crippen molar-refractivity contribution in [2.75, 3.05) is 13.1 Å². The number of nitrogens with zero attached hydrogens (tertiary/aromatic N) is 3. The van der Waals surface area contributed by atoms with E-state index in [0.717, 1.165) is 53.8 Å². The first-order valence-electron chi connectivity index (χ1n) is 8.98. The lowest BCUT2D eigenvalue weighted by atomic mass is 9.94. The summed E-state index contributed by atoms with van der Waals surface area (Å²) in [4.78, 5) is 19.8. The van der Waals surface area contributed by atoms with Gasteiger partial charge in [0.15, 0.2) is 5.65 Å². The summed E-state index contributed by atoms with van der Waals surface area (Å²) in [5.41, 5.74) is 4.39. The second-order valence-corrected chi connectivity index (χ2v) is 6.77. The summed E-state index contributed by atoms with van der Waals surface area (Å²) in [6, 6.07) is 13.8. The standard InChI is InChI=1S/C20H19N5O/c26-17-12-16(14-6-9-21-10-7-14)25-20(23-17)18-15(8-11-22-19(18)24-25)13-4-2-1-3-5-13/h1-5,8,11-12,14,21H,6-7,9-10H2,(H,23,26). The van der Waals surface area contributed by atoms with Crippen molar-refractivity contribution in [2.24, 2.45) is 0 Å². The molecule has 0 atom stereocenters. The molecule has 0 aliphatic carbocycles. The number of fused-ring (bicyclic) bond motifs is 3. The molecule has 5 rings (SSSR count). The molecule has 4 aromatic rings. The predicted molar refractivity (Wildman–Crippen MR) is 101 cm³/mol. The summed E-state index contributed by atoms with van der Waals surface area (Å²) in [5.74, 6) is 0.329. The molecule has 3 aromatic heterocycles. The fourth-order valence-corrected chi connectivity index (χ4v) is 3.93. The lowest BCUT2D eigenvalue weighted by molar-refractivity contribution is 0.446. The van der Waals surface area contributed by atoms with E-state index < -0.39 is 0 Å². The van der Waals surface area contributed by atoms with E-state index >= 15 is 0 Å². The molecule has 26 heavy (non-hydrogen) atoms. The van der Waals surface area contributed by atoms with E-state index in [0.29, 0.717) is 11.6 Å². The Morgan fingerprint density at radius 3 is 2.69 bits per heavy atom. The number of rotatable bonds is 2. The predicted octanol–water partition coefficient (Wildman–Crippen LogP) is 2.70. The Morgan fingerprint density at radius 1 is 1.08 bits per heavy atom. The van der Waals surface area contributed by atoms with Gasteiger partial charge in [0, 0.05) is 18.2 Å². The summed E-state index contributed by atoms with van der Waals surface area (Å²) >= 11 is 0. The highest BCUT2D eigenvalue weighted by Gasteiger charge is 2.22. The average Bonchev–Trinajstić information content (AvgIpc) is 3.07. The van der Waals surface area contributed by atoms with Gasteiger partial charge in [-0.05, 0) is 43.1 Å². The van der Waals surface area contributed by atoms with Gasteiger partial charge in [-0.15, -0.1) is 5.10 Å². The summed E-state index contributed by atoms with van der Waals surface area (Å²) in [5, 5.41) is 9.00. The minimum Gasteiger partial charge on any atom is -0.317 e. The SMILES string of the molecule is O=c1cc(C2CCNCC2)n2nc3nccc(-c4ccccc4)c3c2[nH]1. The van der Waals surface area contributed by atoms with Gasteiger partial charge in [0.25, 0.3) is 5.56 Å². The molecular formula is C20H19N5O. The van der Waals surface area contributed by atoms with Crippen LogP contribution in [0.5, 0.6) is 0 Å². The second kappa shape index (κ2) is 6.07. The average molecular weight is 345 g/mol. The quantitative estimate of drug-likeness (QED) is 0.586. The number of aromatic amines is 1. The molecule has 130 valence electrons. The van der Waals surface area contributed by atoms with Crippen molar-refractivity contribution in [3.8, 4) is 11.1 Å². The van der Waals surface area contributed by atoms with Gasteiger partial charge in [-0.25, -0.2) is 9.50 Å². The number of piperidine rings is 1. The van der Waals surface area contributed by atoms with E-state index in [1.165, 1.54) is 0 Å². The highest BCUT2D eigenvalue weighted by Crippen LogP contribution is 2.31. The van der Waals surface area contributed by atoms with E-state index in [1.54, 1.807) is 12.3 Å². The first-order chi connectivity index (χ1) is 12.8. The lowest BCUT2D eigenvalue weighted by Crippen LogP contribution is -2.28. The third-order valence-electron chi connectivity index (χ3n) is 5.18. The van der Waals surface area contributed by atoms with Gasteiger partial charge < -0.3 is 10.3 Å². The zero-order chi connectivity index (χ0) is 17.5. The molecule has 2 N–H and O–H groups in total. The minimum atomic E-state index is -0.0873. The molecule has 0 bridgehead atoms. The van der Waals surface area contributed by atoms with Crippen LogP contribution in [0.4, 0.5) is 0 Å². The maximum absolute atomic E-state index is 12.4. The normalized spacial score (nSPS) is 15.7. The monoisotopic (exact) mass is 345 g/mol. The van der Waals surface area contributed by atoms with Crippen LogP contribution in [0.1, 0.15) is 24.5 Å². The van der Waals surface area contributed by atoms with Crippen LogP contribution in [0.3, 0.4) is 0 Å². The molecule has 1 saturated heterocycles. The summed E-state index contributed by atoms with van der Waals surface area (Å²) in [7, 11) is 0. The van der Waals surface area contributed by atoms with Crippen molar-refractivity contribution in [1.82, 2.24) is 24.9 Å². The smallest absolute Gasteiger partial charge is 0.251 e. The van der Waals surface area contributed by atoms with Crippen molar-refractivity contribution in [3.63, 3.8) is 0 Å². The van der Waals surface area contributed by atoms with Crippen molar-refractivity contribution < 1.29 is 0 Å². The van der Waals surface area contributed by atoms with Crippen LogP contribution in [-0.4, -0.2) is 32.7 Å². The molecule has 1 aliphatic heterocycles. The van der Waals surface area contributed by atoms with Crippen molar-refractivity contribution in [3.05, 3.63) is 64.7 Å². The highest BCUT2D eigenvalue weighted by atomic mass is 16.1. The van der Waals surface area contributed by atoms with Gasteiger partial charge in [-0.2, -0.15) is 0 Å². The third kappa shape index (κ3) is 2.42. The topological polar surface area (TPSA) is 75.1 Å². The first kappa shape index (κ1) is 15.3. The van der Waals surface area contributed by atoms with E-state index in [9.17, 15) is 4.79 Å². The van der Waals surface area contributed by atoms with E-state index in [4.69, 9.17) is 5.10 Å². The molecule has 0 saturated carbocycles. The summed E-state index contributed by atoms with van der Waals surface area (Å²) in [6.07, 6.45) is 3.79. The van der Waals surface area contributed by atoms with Crippen LogP contribution in [0.2, 0.25) is 0 Å². The van der Waals surface area contributed by atoms with Crippen LogP contribution in [0.15, 0.2) is 53.5 Å². The zero-order valence-electron chi connectivity index (χ0n) is 14.3. The molecule has 1 fully saturated rings. The number of hydrogen-bond donors (Lipinski definition) is 2. The van der Waals surface area contributed by atoms with Gasteiger partial charge >= 0.3 is 0 Å². The fourth-order valence-electron chi connectivity index (χ4n) is 3.93. The number of aromatic nitrogens is 4. The lowest BCUT2D eigenvalue weighted by Gasteiger charge is -2.23. The number of H-pyrrole nitrogens is 1. The van der Waals surface area contributed by atoms with Crippen molar-refractivity contribution in [1.29, 1.82) is 0 Å². The van der Waals surface area contributed by atoms with Crippen LogP contribution in [0.25, 0.3) is 27.8 Å². The van der Waals surface area contributed by atoms with Crippen molar-refractivity contribution >= 4 is 16.7 Å². The summed E-state index contributed by atoms with van der Waals surface area (Å²) < 4.78 is 1.89. The second-order valence-electron chi connectivity index (χ2n) is 6.77.